The molecule has 0 N–H and O–H groups in total. The van der Waals surface area contributed by atoms with Crippen LogP contribution < -0.4 is 4.90 Å². The molecule has 0 spiro atoms. The van der Waals surface area contributed by atoms with Gasteiger partial charge in [-0.25, -0.2) is 0 Å². The topological polar surface area (TPSA) is 3.24 Å². The summed E-state index contributed by atoms with van der Waals surface area (Å²) in [4.78, 5) is 1.13. The maximum Gasteiger partial charge on any atom is 0.0645 e. The predicted molar refractivity (Wildman–Crippen MR) is 207 cm³/mol. The zero-order chi connectivity index (χ0) is 51.2. The molecule has 0 radical (unpaired) electrons. The molecular formula is C48H39N. The Morgan fingerprint density at radius 1 is 0.429 bits per heavy atom. The van der Waals surface area contributed by atoms with Gasteiger partial charge in [-0.15, -0.1) is 0 Å². The van der Waals surface area contributed by atoms with Gasteiger partial charge < -0.3 is 4.90 Å². The SMILES string of the molecule is [2H]c1c([2H])c([2H])c(-c2c([2H])c([2H])c(N(c3ccc4c(c3)C(C([2H])([2H])[2H])(C([2H])([2H])[2H])c3ccccc3-4)c3ccc4c(c3)C(C([2H])([2H])[2H])(C([2H])([2H])[2H])c3cccc(-c5ccccc5)c3-4)c([2H])c2[2H])c([2H])c1[2H]. The van der Waals surface area contributed by atoms with Crippen LogP contribution in [0.25, 0.3) is 44.5 Å². The number of hydrogen-bond donors (Lipinski definition) is 0. The standard InChI is InChI=1S/C48H39N/c1-47(2)42-20-12-11-18-39(42)40-28-26-36(30-44(40)47)49(35-24-22-33(23-25-35)32-14-7-5-8-15-32)37-27-29-41-45(31-37)48(3,4)43-21-13-19-38(46(41)43)34-16-9-6-10-17-34/h5-31H,1-4H3/i1D3,2D3,3D3,4D3,5D,7D,8D,14D,15D,22D,23D,24D,25D. The second-order valence-electron chi connectivity index (χ2n) is 12.2. The smallest absolute Gasteiger partial charge is 0.0645 e. The zero-order valence-corrected chi connectivity index (χ0v) is 25.8. The van der Waals surface area contributed by atoms with Gasteiger partial charge in [-0.3, -0.25) is 0 Å². The number of benzene rings is 7. The molecule has 0 aliphatic heterocycles. The molecule has 0 atom stereocenters. The molecule has 0 aromatic heterocycles. The number of fused-ring (bicyclic) bond motifs is 6. The molecule has 0 amide bonds. The van der Waals surface area contributed by atoms with E-state index in [9.17, 15) is 5.48 Å². The summed E-state index contributed by atoms with van der Waals surface area (Å²) < 4.78 is 188. The molecule has 0 saturated carbocycles. The van der Waals surface area contributed by atoms with Crippen molar-refractivity contribution in [3.63, 3.8) is 0 Å². The van der Waals surface area contributed by atoms with Gasteiger partial charge in [0.2, 0.25) is 0 Å². The minimum absolute atomic E-state index is 0.0226. The van der Waals surface area contributed by atoms with E-state index >= 15 is 0 Å². The number of nitrogens with zero attached hydrogens (tertiary/aromatic N) is 1. The summed E-state index contributed by atoms with van der Waals surface area (Å²) in [5.41, 5.74) is -5.78. The van der Waals surface area contributed by atoms with Gasteiger partial charge in [-0.05, 0) is 103 Å². The van der Waals surface area contributed by atoms with Crippen LogP contribution >= 0.6 is 0 Å². The van der Waals surface area contributed by atoms with Crippen molar-refractivity contribution in [3.05, 3.63) is 186 Å². The van der Waals surface area contributed by atoms with E-state index in [-0.39, 0.29) is 44.8 Å². The Morgan fingerprint density at radius 3 is 1.73 bits per heavy atom. The minimum atomic E-state index is -3.29. The molecular weight excluding hydrogens is 591 g/mol. The lowest BCUT2D eigenvalue weighted by Crippen LogP contribution is -2.18. The lowest BCUT2D eigenvalue weighted by Gasteiger charge is -2.30. The third-order valence-corrected chi connectivity index (χ3v) is 9.36. The van der Waals surface area contributed by atoms with Crippen molar-refractivity contribution in [2.75, 3.05) is 4.90 Å². The van der Waals surface area contributed by atoms with E-state index in [4.69, 9.17) is 23.3 Å². The van der Waals surface area contributed by atoms with E-state index in [0.29, 0.717) is 22.3 Å². The molecule has 0 unspecified atom stereocenters. The van der Waals surface area contributed by atoms with Crippen LogP contribution in [0.1, 0.15) is 78.4 Å². The Kier molecular flexibility index (Phi) is 3.31. The first-order valence-electron chi connectivity index (χ1n) is 26.1. The van der Waals surface area contributed by atoms with E-state index in [1.54, 1.807) is 54.6 Å². The third-order valence-electron chi connectivity index (χ3n) is 9.36. The molecule has 2 aliphatic carbocycles. The largest absolute Gasteiger partial charge is 0.310 e. The molecule has 49 heavy (non-hydrogen) atoms. The molecule has 2 aliphatic rings. The van der Waals surface area contributed by atoms with Gasteiger partial charge in [0.05, 0.1) is 12.3 Å². The highest BCUT2D eigenvalue weighted by molar-refractivity contribution is 5.94. The Balaban J connectivity index is 1.42. The fourth-order valence-electron chi connectivity index (χ4n) is 7.09. The van der Waals surface area contributed by atoms with Crippen LogP contribution in [0, 0.1) is 0 Å². The fraction of sp³-hybridized carbons (Fsp3) is 0.125. The summed E-state index contributed by atoms with van der Waals surface area (Å²) in [6.45, 7) is -13.1. The molecule has 236 valence electrons. The minimum Gasteiger partial charge on any atom is -0.310 e. The van der Waals surface area contributed by atoms with Crippen LogP contribution in [-0.4, -0.2) is 0 Å². The maximum absolute atomic E-state index is 9.59. The average molecular weight is 651 g/mol. The van der Waals surface area contributed by atoms with Gasteiger partial charge in [0.25, 0.3) is 0 Å². The highest BCUT2D eigenvalue weighted by atomic mass is 15.1. The van der Waals surface area contributed by atoms with Crippen molar-refractivity contribution in [2.24, 2.45) is 0 Å². The average Bonchev–Trinajstić information content (AvgIpc) is 3.79. The normalized spacial score (nSPS) is 21.7. The number of anilines is 3. The fourth-order valence-corrected chi connectivity index (χ4v) is 7.09. The van der Waals surface area contributed by atoms with E-state index in [0.717, 1.165) is 4.90 Å². The van der Waals surface area contributed by atoms with Gasteiger partial charge in [-0.1, -0.05) is 155 Å². The monoisotopic (exact) mass is 650 g/mol. The first kappa shape index (κ1) is 14.8. The van der Waals surface area contributed by atoms with Crippen LogP contribution in [0.2, 0.25) is 0 Å². The number of hydrogen-bond acceptors (Lipinski definition) is 1. The summed E-state index contributed by atoms with van der Waals surface area (Å²) in [6, 6.07) is 20.7. The highest BCUT2D eigenvalue weighted by Gasteiger charge is 2.38. The van der Waals surface area contributed by atoms with Gasteiger partial charge in [-0.2, -0.15) is 0 Å². The van der Waals surface area contributed by atoms with Gasteiger partial charge in [0, 0.05) is 44.3 Å². The summed E-state index contributed by atoms with van der Waals surface area (Å²) in [6.07, 6.45) is 0. The Bertz CT molecular complexity index is 3240. The van der Waals surface area contributed by atoms with Crippen molar-refractivity contribution < 1.29 is 28.8 Å². The summed E-state index contributed by atoms with van der Waals surface area (Å²) in [5, 5.41) is 0. The molecule has 0 saturated heterocycles. The van der Waals surface area contributed by atoms with Gasteiger partial charge >= 0.3 is 0 Å². The molecule has 0 heterocycles. The molecule has 9 rings (SSSR count). The third kappa shape index (κ3) is 4.53. The van der Waals surface area contributed by atoms with Crippen LogP contribution in [0.15, 0.2) is 164 Å². The van der Waals surface area contributed by atoms with E-state index in [1.807, 2.05) is 0 Å². The van der Waals surface area contributed by atoms with Crippen molar-refractivity contribution in [2.45, 2.75) is 38.2 Å². The zero-order valence-electron chi connectivity index (χ0n) is 46.8. The number of rotatable bonds is 5. The lowest BCUT2D eigenvalue weighted by atomic mass is 9.81. The molecule has 1 nitrogen and oxygen atoms in total. The van der Waals surface area contributed by atoms with Gasteiger partial charge in [0.1, 0.15) is 0 Å². The van der Waals surface area contributed by atoms with Crippen LogP contribution in [0.5, 0.6) is 0 Å². The van der Waals surface area contributed by atoms with Crippen molar-refractivity contribution >= 4 is 17.1 Å². The first-order valence-corrected chi connectivity index (χ1v) is 15.6. The highest BCUT2D eigenvalue weighted by Crippen LogP contribution is 2.54. The summed E-state index contributed by atoms with van der Waals surface area (Å²) in [7, 11) is 0. The van der Waals surface area contributed by atoms with Crippen molar-refractivity contribution in [1.82, 2.24) is 0 Å². The van der Waals surface area contributed by atoms with Crippen LogP contribution in [0.3, 0.4) is 0 Å². The molecule has 7 aromatic carbocycles. The Labute approximate surface area is 319 Å². The quantitative estimate of drug-likeness (QED) is 0.179. The summed E-state index contributed by atoms with van der Waals surface area (Å²) >= 11 is 0. The van der Waals surface area contributed by atoms with E-state index in [2.05, 4.69) is 0 Å². The predicted octanol–water partition coefficient (Wildman–Crippen LogP) is 13.1. The van der Waals surface area contributed by atoms with Crippen LogP contribution in [-0.2, 0) is 10.8 Å². The van der Waals surface area contributed by atoms with Crippen molar-refractivity contribution in [1.29, 1.82) is 0 Å². The molecule has 0 fully saturated rings. The molecule has 7 aromatic rings. The second-order valence-corrected chi connectivity index (χ2v) is 12.2. The summed E-state index contributed by atoms with van der Waals surface area (Å²) in [5.74, 6) is 0. The molecule has 0 bridgehead atoms. The van der Waals surface area contributed by atoms with Crippen LogP contribution in [0.4, 0.5) is 17.1 Å². The van der Waals surface area contributed by atoms with Crippen molar-refractivity contribution in [3.8, 4) is 44.5 Å². The second kappa shape index (κ2) is 10.9. The maximum atomic E-state index is 9.59. The van der Waals surface area contributed by atoms with Gasteiger partial charge in [0.15, 0.2) is 0 Å². The van der Waals surface area contributed by atoms with E-state index < -0.39 is 109 Å². The molecule has 1 heteroatoms. The Morgan fingerprint density at radius 2 is 1.00 bits per heavy atom. The lowest BCUT2D eigenvalue weighted by molar-refractivity contribution is 0.660. The van der Waals surface area contributed by atoms with E-state index in [1.165, 1.54) is 54.6 Å². The first-order chi connectivity index (χ1) is 32.6. The Hall–Kier alpha value is -5.66.